The van der Waals surface area contributed by atoms with Crippen molar-refractivity contribution in [2.24, 2.45) is 0 Å². The molecular formula is C18H21NO3. The fourth-order valence-electron chi connectivity index (χ4n) is 2.21. The van der Waals surface area contributed by atoms with Gasteiger partial charge in [-0.05, 0) is 37.1 Å². The molecule has 0 unspecified atom stereocenters. The number of amides is 1. The van der Waals surface area contributed by atoms with E-state index in [0.29, 0.717) is 24.5 Å². The number of aryl methyl sites for hydroxylation is 2. The maximum absolute atomic E-state index is 12.5. The third kappa shape index (κ3) is 3.86. The van der Waals surface area contributed by atoms with Crippen LogP contribution in [-0.4, -0.2) is 26.2 Å². The van der Waals surface area contributed by atoms with E-state index in [1.807, 2.05) is 44.2 Å². The number of methoxy groups -OCH3 is 1. The van der Waals surface area contributed by atoms with E-state index in [1.165, 1.54) is 0 Å². The topological polar surface area (TPSA) is 47.6 Å². The molecule has 1 N–H and O–H groups in total. The SMILES string of the molecule is COCCOc1ccccc1C(=O)Nc1c(C)cccc1C. The lowest BCUT2D eigenvalue weighted by atomic mass is 10.1. The van der Waals surface area contributed by atoms with E-state index in [-0.39, 0.29) is 5.91 Å². The minimum absolute atomic E-state index is 0.176. The summed E-state index contributed by atoms with van der Waals surface area (Å²) in [4.78, 5) is 12.5. The molecule has 2 aromatic rings. The van der Waals surface area contributed by atoms with Gasteiger partial charge in [0, 0.05) is 12.8 Å². The summed E-state index contributed by atoms with van der Waals surface area (Å²) in [6, 6.07) is 13.1. The number of rotatable bonds is 6. The molecule has 0 saturated carbocycles. The van der Waals surface area contributed by atoms with Gasteiger partial charge in [-0.25, -0.2) is 0 Å². The number of anilines is 1. The Hall–Kier alpha value is -2.33. The number of nitrogens with one attached hydrogen (secondary N) is 1. The van der Waals surface area contributed by atoms with Crippen molar-refractivity contribution in [3.05, 3.63) is 59.2 Å². The lowest BCUT2D eigenvalue weighted by molar-refractivity contribution is 0.101. The van der Waals surface area contributed by atoms with Crippen LogP contribution in [0.15, 0.2) is 42.5 Å². The first-order valence-corrected chi connectivity index (χ1v) is 7.22. The van der Waals surface area contributed by atoms with Crippen molar-refractivity contribution in [1.29, 1.82) is 0 Å². The van der Waals surface area contributed by atoms with Gasteiger partial charge in [0.15, 0.2) is 0 Å². The van der Waals surface area contributed by atoms with E-state index < -0.39 is 0 Å². The summed E-state index contributed by atoms with van der Waals surface area (Å²) in [7, 11) is 1.61. The van der Waals surface area contributed by atoms with Gasteiger partial charge in [0.1, 0.15) is 12.4 Å². The fraction of sp³-hybridized carbons (Fsp3) is 0.278. The molecule has 4 heteroatoms. The van der Waals surface area contributed by atoms with Crippen LogP contribution in [0.2, 0.25) is 0 Å². The molecule has 0 spiro atoms. The molecule has 2 rings (SSSR count). The lowest BCUT2D eigenvalue weighted by Crippen LogP contribution is -2.16. The van der Waals surface area contributed by atoms with Crippen LogP contribution in [0.25, 0.3) is 0 Å². The van der Waals surface area contributed by atoms with Gasteiger partial charge in [-0.3, -0.25) is 4.79 Å². The van der Waals surface area contributed by atoms with Crippen LogP contribution in [0.3, 0.4) is 0 Å². The molecular weight excluding hydrogens is 278 g/mol. The molecule has 0 radical (unpaired) electrons. The first kappa shape index (κ1) is 16.0. The average molecular weight is 299 g/mol. The van der Waals surface area contributed by atoms with Gasteiger partial charge in [0.05, 0.1) is 12.2 Å². The van der Waals surface area contributed by atoms with Crippen LogP contribution in [0.4, 0.5) is 5.69 Å². The summed E-state index contributed by atoms with van der Waals surface area (Å²) >= 11 is 0. The molecule has 0 fully saturated rings. The molecule has 22 heavy (non-hydrogen) atoms. The van der Waals surface area contributed by atoms with Gasteiger partial charge in [-0.1, -0.05) is 30.3 Å². The zero-order valence-corrected chi connectivity index (χ0v) is 13.2. The molecule has 0 saturated heterocycles. The second-order valence-electron chi connectivity index (χ2n) is 5.06. The second-order valence-corrected chi connectivity index (χ2v) is 5.06. The molecule has 0 aliphatic rings. The zero-order chi connectivity index (χ0) is 15.9. The number of hydrogen-bond acceptors (Lipinski definition) is 3. The highest BCUT2D eigenvalue weighted by Crippen LogP contribution is 2.23. The summed E-state index contributed by atoms with van der Waals surface area (Å²) in [5.41, 5.74) is 3.43. The van der Waals surface area contributed by atoms with E-state index in [4.69, 9.17) is 9.47 Å². The molecule has 4 nitrogen and oxygen atoms in total. The highest BCUT2D eigenvalue weighted by Gasteiger charge is 2.14. The predicted molar refractivity (Wildman–Crippen MR) is 87.7 cm³/mol. The molecule has 0 heterocycles. The maximum Gasteiger partial charge on any atom is 0.259 e. The van der Waals surface area contributed by atoms with Crippen molar-refractivity contribution < 1.29 is 14.3 Å². The van der Waals surface area contributed by atoms with Gasteiger partial charge in [0.2, 0.25) is 0 Å². The number of benzene rings is 2. The van der Waals surface area contributed by atoms with Gasteiger partial charge in [-0.15, -0.1) is 0 Å². The Morgan fingerprint density at radius 2 is 1.68 bits per heavy atom. The highest BCUT2D eigenvalue weighted by molar-refractivity contribution is 6.06. The van der Waals surface area contributed by atoms with E-state index in [2.05, 4.69) is 5.32 Å². The summed E-state index contributed by atoms with van der Waals surface area (Å²) in [5.74, 6) is 0.383. The standard InChI is InChI=1S/C18H21NO3/c1-13-7-6-8-14(2)17(13)19-18(20)15-9-4-5-10-16(15)22-12-11-21-3/h4-10H,11-12H2,1-3H3,(H,19,20). The molecule has 0 aliphatic carbocycles. The Morgan fingerprint density at radius 1 is 1.00 bits per heavy atom. The number of hydrogen-bond donors (Lipinski definition) is 1. The minimum atomic E-state index is -0.176. The smallest absolute Gasteiger partial charge is 0.259 e. The Kier molecular flexibility index (Phi) is 5.55. The fourth-order valence-corrected chi connectivity index (χ4v) is 2.21. The Morgan fingerprint density at radius 3 is 2.36 bits per heavy atom. The summed E-state index contributed by atoms with van der Waals surface area (Å²) in [6.45, 7) is 4.84. The third-order valence-electron chi connectivity index (χ3n) is 3.40. The Labute approximate surface area is 131 Å². The second kappa shape index (κ2) is 7.61. The zero-order valence-electron chi connectivity index (χ0n) is 13.2. The monoisotopic (exact) mass is 299 g/mol. The van der Waals surface area contributed by atoms with Crippen molar-refractivity contribution >= 4 is 11.6 Å². The van der Waals surface area contributed by atoms with E-state index in [9.17, 15) is 4.79 Å². The third-order valence-corrected chi connectivity index (χ3v) is 3.40. The molecule has 0 bridgehead atoms. The van der Waals surface area contributed by atoms with Crippen LogP contribution >= 0.6 is 0 Å². The quantitative estimate of drug-likeness (QED) is 0.829. The first-order valence-electron chi connectivity index (χ1n) is 7.22. The number of para-hydroxylation sites is 2. The normalized spacial score (nSPS) is 10.3. The van der Waals surface area contributed by atoms with Crippen LogP contribution in [-0.2, 0) is 4.74 Å². The van der Waals surface area contributed by atoms with Crippen LogP contribution < -0.4 is 10.1 Å². The van der Waals surface area contributed by atoms with Gasteiger partial charge in [0.25, 0.3) is 5.91 Å². The summed E-state index contributed by atoms with van der Waals surface area (Å²) < 4.78 is 10.6. The Bertz CT molecular complexity index is 632. The van der Waals surface area contributed by atoms with Crippen molar-refractivity contribution in [3.8, 4) is 5.75 Å². The van der Waals surface area contributed by atoms with Crippen LogP contribution in [0.1, 0.15) is 21.5 Å². The molecule has 0 aromatic heterocycles. The van der Waals surface area contributed by atoms with Crippen molar-refractivity contribution in [3.63, 3.8) is 0 Å². The predicted octanol–water partition coefficient (Wildman–Crippen LogP) is 3.58. The molecule has 2 aromatic carbocycles. The number of ether oxygens (including phenoxy) is 2. The number of carbonyl (C=O) groups is 1. The van der Waals surface area contributed by atoms with E-state index >= 15 is 0 Å². The lowest BCUT2D eigenvalue weighted by Gasteiger charge is -2.14. The van der Waals surface area contributed by atoms with Crippen molar-refractivity contribution in [2.75, 3.05) is 25.6 Å². The summed E-state index contributed by atoms with van der Waals surface area (Å²) in [6.07, 6.45) is 0. The maximum atomic E-state index is 12.5. The molecule has 116 valence electrons. The summed E-state index contributed by atoms with van der Waals surface area (Å²) in [5, 5.41) is 2.98. The average Bonchev–Trinajstić information content (AvgIpc) is 2.51. The largest absolute Gasteiger partial charge is 0.490 e. The van der Waals surface area contributed by atoms with Gasteiger partial charge >= 0.3 is 0 Å². The van der Waals surface area contributed by atoms with Crippen LogP contribution in [0, 0.1) is 13.8 Å². The van der Waals surface area contributed by atoms with Crippen molar-refractivity contribution in [1.82, 2.24) is 0 Å². The van der Waals surface area contributed by atoms with Crippen molar-refractivity contribution in [2.45, 2.75) is 13.8 Å². The van der Waals surface area contributed by atoms with Gasteiger partial charge in [-0.2, -0.15) is 0 Å². The molecule has 0 aliphatic heterocycles. The van der Waals surface area contributed by atoms with Gasteiger partial charge < -0.3 is 14.8 Å². The van der Waals surface area contributed by atoms with E-state index in [0.717, 1.165) is 16.8 Å². The first-order chi connectivity index (χ1) is 10.6. The minimum Gasteiger partial charge on any atom is -0.490 e. The Balaban J connectivity index is 2.19. The van der Waals surface area contributed by atoms with E-state index in [1.54, 1.807) is 19.2 Å². The highest BCUT2D eigenvalue weighted by atomic mass is 16.5. The van der Waals surface area contributed by atoms with Crippen LogP contribution in [0.5, 0.6) is 5.75 Å². The molecule has 0 atom stereocenters. The molecule has 1 amide bonds. The number of carbonyl (C=O) groups excluding carboxylic acids is 1.